The van der Waals surface area contributed by atoms with Crippen LogP contribution in [-0.4, -0.2) is 11.7 Å². The Labute approximate surface area is 156 Å². The van der Waals surface area contributed by atoms with Gasteiger partial charge in [-0.25, -0.2) is 0 Å². The Hall–Kier alpha value is -2.33. The maximum atomic E-state index is 5.51. The second-order valence-corrected chi connectivity index (χ2v) is 6.71. The van der Waals surface area contributed by atoms with Crippen molar-refractivity contribution in [3.05, 3.63) is 72.3 Å². The van der Waals surface area contributed by atoms with Crippen molar-refractivity contribution in [3.63, 3.8) is 0 Å². The molecule has 2 aromatic rings. The van der Waals surface area contributed by atoms with Gasteiger partial charge in [-0.3, -0.25) is 0 Å². The van der Waals surface area contributed by atoms with Crippen LogP contribution in [0, 0.1) is 12.8 Å². The Balaban J connectivity index is 2.02. The SMILES string of the molecule is C=CCOc1ccc(NC(=S)N[C@H](c2ccccc2C)C(C)C)cc1. The molecule has 2 rings (SSSR count). The standard InChI is InChI=1S/C21H26N2OS/c1-5-14-24-18-12-10-17(11-13-18)22-21(25)23-20(15(2)3)19-9-7-6-8-16(19)4/h5-13,15,20H,1,14H2,2-4H3,(H2,22,23,25)/t20-/m0/s1. The summed E-state index contributed by atoms with van der Waals surface area (Å²) in [6.07, 6.45) is 1.73. The van der Waals surface area contributed by atoms with Gasteiger partial charge in [-0.1, -0.05) is 50.8 Å². The lowest BCUT2D eigenvalue weighted by atomic mass is 9.93. The van der Waals surface area contributed by atoms with E-state index in [0.717, 1.165) is 11.4 Å². The number of rotatable bonds is 7. The van der Waals surface area contributed by atoms with Crippen LogP contribution in [0.4, 0.5) is 5.69 Å². The number of aryl methyl sites for hydroxylation is 1. The molecule has 0 bridgehead atoms. The van der Waals surface area contributed by atoms with Crippen LogP contribution in [0.2, 0.25) is 0 Å². The first kappa shape index (κ1) is 19.0. The summed E-state index contributed by atoms with van der Waals surface area (Å²) in [5.74, 6) is 1.22. The summed E-state index contributed by atoms with van der Waals surface area (Å²) in [7, 11) is 0. The summed E-state index contributed by atoms with van der Waals surface area (Å²) in [6.45, 7) is 10.7. The molecule has 0 spiro atoms. The predicted octanol–water partition coefficient (Wildman–Crippen LogP) is 5.24. The van der Waals surface area contributed by atoms with Gasteiger partial charge in [0.05, 0.1) is 6.04 Å². The smallest absolute Gasteiger partial charge is 0.171 e. The van der Waals surface area contributed by atoms with E-state index in [9.17, 15) is 0 Å². The second-order valence-electron chi connectivity index (χ2n) is 6.30. The number of anilines is 1. The normalized spacial score (nSPS) is 11.7. The number of thiocarbonyl (C=S) groups is 1. The minimum Gasteiger partial charge on any atom is -0.490 e. The Morgan fingerprint density at radius 1 is 1.16 bits per heavy atom. The van der Waals surface area contributed by atoms with E-state index >= 15 is 0 Å². The van der Waals surface area contributed by atoms with E-state index in [1.807, 2.05) is 24.3 Å². The van der Waals surface area contributed by atoms with Gasteiger partial charge in [-0.2, -0.15) is 0 Å². The average Bonchev–Trinajstić information content (AvgIpc) is 2.59. The van der Waals surface area contributed by atoms with Gasteiger partial charge in [0.2, 0.25) is 0 Å². The van der Waals surface area contributed by atoms with E-state index in [1.54, 1.807) is 6.08 Å². The van der Waals surface area contributed by atoms with Gasteiger partial charge < -0.3 is 15.4 Å². The zero-order valence-corrected chi connectivity index (χ0v) is 15.9. The Kier molecular flexibility index (Phi) is 7.02. The molecule has 0 fully saturated rings. The van der Waals surface area contributed by atoms with Crippen molar-refractivity contribution >= 4 is 23.0 Å². The highest BCUT2D eigenvalue weighted by atomic mass is 32.1. The van der Waals surface area contributed by atoms with Crippen molar-refractivity contribution in [1.29, 1.82) is 0 Å². The highest BCUT2D eigenvalue weighted by Crippen LogP contribution is 2.25. The van der Waals surface area contributed by atoms with Crippen molar-refractivity contribution in [2.45, 2.75) is 26.8 Å². The number of hydrogen-bond donors (Lipinski definition) is 2. The average molecular weight is 355 g/mol. The van der Waals surface area contributed by atoms with E-state index in [2.05, 4.69) is 62.2 Å². The molecule has 0 radical (unpaired) electrons. The Bertz CT molecular complexity index is 710. The summed E-state index contributed by atoms with van der Waals surface area (Å²) in [6, 6.07) is 16.3. The topological polar surface area (TPSA) is 33.3 Å². The van der Waals surface area contributed by atoms with Gasteiger partial charge in [0.15, 0.2) is 5.11 Å². The van der Waals surface area contributed by atoms with E-state index in [-0.39, 0.29) is 6.04 Å². The molecular formula is C21H26N2OS. The van der Waals surface area contributed by atoms with Crippen molar-refractivity contribution in [3.8, 4) is 5.75 Å². The molecule has 0 amide bonds. The summed E-state index contributed by atoms with van der Waals surface area (Å²) in [4.78, 5) is 0. The zero-order valence-electron chi connectivity index (χ0n) is 15.1. The minimum atomic E-state index is 0.163. The van der Waals surface area contributed by atoms with Gasteiger partial charge in [0, 0.05) is 5.69 Å². The molecular weight excluding hydrogens is 328 g/mol. The molecule has 4 heteroatoms. The lowest BCUT2D eigenvalue weighted by Crippen LogP contribution is -2.35. The third-order valence-electron chi connectivity index (χ3n) is 3.96. The maximum absolute atomic E-state index is 5.51. The molecule has 3 nitrogen and oxygen atoms in total. The molecule has 0 aromatic heterocycles. The van der Waals surface area contributed by atoms with Crippen LogP contribution in [-0.2, 0) is 0 Å². The predicted molar refractivity (Wildman–Crippen MR) is 110 cm³/mol. The van der Waals surface area contributed by atoms with Crippen molar-refractivity contribution < 1.29 is 4.74 Å². The fraction of sp³-hybridized carbons (Fsp3) is 0.286. The van der Waals surface area contributed by atoms with Crippen LogP contribution < -0.4 is 15.4 Å². The molecule has 1 atom stereocenters. The first-order valence-electron chi connectivity index (χ1n) is 8.48. The van der Waals surface area contributed by atoms with Gasteiger partial charge in [0.1, 0.15) is 12.4 Å². The van der Waals surface area contributed by atoms with Crippen molar-refractivity contribution in [1.82, 2.24) is 5.32 Å². The lowest BCUT2D eigenvalue weighted by molar-refractivity contribution is 0.363. The number of nitrogens with one attached hydrogen (secondary N) is 2. The fourth-order valence-electron chi connectivity index (χ4n) is 2.64. The molecule has 0 aliphatic carbocycles. The van der Waals surface area contributed by atoms with Crippen LogP contribution >= 0.6 is 12.2 Å². The van der Waals surface area contributed by atoms with Crippen LogP contribution in [0.15, 0.2) is 61.2 Å². The van der Waals surface area contributed by atoms with Crippen LogP contribution in [0.3, 0.4) is 0 Å². The minimum absolute atomic E-state index is 0.163. The third-order valence-corrected chi connectivity index (χ3v) is 4.18. The van der Waals surface area contributed by atoms with Crippen molar-refractivity contribution in [2.75, 3.05) is 11.9 Å². The molecule has 0 aliphatic rings. The molecule has 132 valence electrons. The lowest BCUT2D eigenvalue weighted by Gasteiger charge is -2.26. The summed E-state index contributed by atoms with van der Waals surface area (Å²) < 4.78 is 5.49. The molecule has 0 unspecified atom stereocenters. The zero-order chi connectivity index (χ0) is 18.2. The number of hydrogen-bond acceptors (Lipinski definition) is 2. The number of ether oxygens (including phenoxy) is 1. The Morgan fingerprint density at radius 3 is 2.44 bits per heavy atom. The summed E-state index contributed by atoms with van der Waals surface area (Å²) in [5, 5.41) is 7.30. The summed E-state index contributed by atoms with van der Waals surface area (Å²) in [5.41, 5.74) is 3.46. The van der Waals surface area contributed by atoms with E-state index < -0.39 is 0 Å². The van der Waals surface area contributed by atoms with Crippen molar-refractivity contribution in [2.24, 2.45) is 5.92 Å². The molecule has 2 aromatic carbocycles. The van der Waals surface area contributed by atoms with E-state index in [0.29, 0.717) is 17.6 Å². The van der Waals surface area contributed by atoms with Crippen LogP contribution in [0.5, 0.6) is 5.75 Å². The van der Waals surface area contributed by atoms with Gasteiger partial charge in [0.25, 0.3) is 0 Å². The quantitative estimate of drug-likeness (QED) is 0.526. The molecule has 25 heavy (non-hydrogen) atoms. The third kappa shape index (κ3) is 5.61. The molecule has 0 saturated carbocycles. The molecule has 0 saturated heterocycles. The van der Waals surface area contributed by atoms with Gasteiger partial charge >= 0.3 is 0 Å². The largest absolute Gasteiger partial charge is 0.490 e. The Morgan fingerprint density at radius 2 is 1.84 bits per heavy atom. The van der Waals surface area contributed by atoms with E-state index in [4.69, 9.17) is 17.0 Å². The maximum Gasteiger partial charge on any atom is 0.171 e. The first-order valence-corrected chi connectivity index (χ1v) is 8.89. The number of benzene rings is 2. The van der Waals surface area contributed by atoms with Gasteiger partial charge in [-0.15, -0.1) is 0 Å². The van der Waals surface area contributed by atoms with Crippen LogP contribution in [0.25, 0.3) is 0 Å². The second kappa shape index (κ2) is 9.23. The highest BCUT2D eigenvalue weighted by Gasteiger charge is 2.18. The molecule has 2 N–H and O–H groups in total. The monoisotopic (exact) mass is 354 g/mol. The first-order chi connectivity index (χ1) is 12.0. The van der Waals surface area contributed by atoms with Gasteiger partial charge in [-0.05, 0) is 60.5 Å². The molecule has 0 aliphatic heterocycles. The van der Waals surface area contributed by atoms with E-state index in [1.165, 1.54) is 11.1 Å². The summed E-state index contributed by atoms with van der Waals surface area (Å²) >= 11 is 5.51. The molecule has 0 heterocycles. The fourth-order valence-corrected chi connectivity index (χ4v) is 2.88. The highest BCUT2D eigenvalue weighted by molar-refractivity contribution is 7.80. The van der Waals surface area contributed by atoms with Crippen LogP contribution in [0.1, 0.15) is 31.0 Å².